The lowest BCUT2D eigenvalue weighted by Crippen LogP contribution is -2.27. The monoisotopic (exact) mass is 318 g/mol. The van der Waals surface area contributed by atoms with E-state index in [1.807, 2.05) is 5.32 Å². The number of benzene rings is 1. The van der Waals surface area contributed by atoms with Gasteiger partial charge in [-0.1, -0.05) is 17.8 Å². The molecule has 1 saturated heterocycles. The van der Waals surface area contributed by atoms with E-state index in [-0.39, 0.29) is 12.1 Å². The van der Waals surface area contributed by atoms with Crippen molar-refractivity contribution in [3.05, 3.63) is 29.8 Å². The third-order valence-electron chi connectivity index (χ3n) is 2.61. The second kappa shape index (κ2) is 5.76. The molecule has 1 fully saturated rings. The summed E-state index contributed by atoms with van der Waals surface area (Å²) in [7, 11) is 0. The Morgan fingerprint density at radius 1 is 1.33 bits per heavy atom. The molecule has 2 N–H and O–H groups in total. The average Bonchev–Trinajstić information content (AvgIpc) is 2.67. The average molecular weight is 318 g/mol. The van der Waals surface area contributed by atoms with Gasteiger partial charge in [-0.3, -0.25) is 19.7 Å². The van der Waals surface area contributed by atoms with E-state index in [0.29, 0.717) is 11.8 Å². The summed E-state index contributed by atoms with van der Waals surface area (Å²) in [6, 6.07) is 4.15. The number of rotatable bonds is 3. The Morgan fingerprint density at radius 2 is 2.05 bits per heavy atom. The van der Waals surface area contributed by atoms with Gasteiger partial charge < -0.3 is 5.32 Å². The molecule has 5 nitrogen and oxygen atoms in total. The smallest absolute Gasteiger partial charge is 0.326 e. The van der Waals surface area contributed by atoms with Gasteiger partial charge in [0, 0.05) is 12.1 Å². The first kappa shape index (κ1) is 15.4. The lowest BCUT2D eigenvalue weighted by atomic mass is 10.2. The van der Waals surface area contributed by atoms with Gasteiger partial charge in [0.05, 0.1) is 5.56 Å². The summed E-state index contributed by atoms with van der Waals surface area (Å²) < 4.78 is 37.6. The van der Waals surface area contributed by atoms with Gasteiger partial charge in [-0.05, 0) is 18.2 Å². The Labute approximate surface area is 121 Å². The highest BCUT2D eigenvalue weighted by atomic mass is 32.2. The van der Waals surface area contributed by atoms with Gasteiger partial charge in [0.15, 0.2) is 0 Å². The van der Waals surface area contributed by atoms with Crippen molar-refractivity contribution in [3.8, 4) is 0 Å². The topological polar surface area (TPSA) is 75.3 Å². The summed E-state index contributed by atoms with van der Waals surface area (Å²) in [6.07, 6.45) is -4.80. The molecule has 1 aliphatic heterocycles. The number of thioether (sulfide) groups is 1. The van der Waals surface area contributed by atoms with Gasteiger partial charge in [-0.25, -0.2) is 0 Å². The molecule has 1 heterocycles. The quantitative estimate of drug-likeness (QED) is 0.897. The number of carbonyl (C=O) groups is 3. The molecule has 9 heteroatoms. The van der Waals surface area contributed by atoms with E-state index in [2.05, 4.69) is 5.32 Å². The number of nitrogens with one attached hydrogen (secondary N) is 2. The van der Waals surface area contributed by atoms with Crippen molar-refractivity contribution in [1.82, 2.24) is 5.32 Å². The predicted molar refractivity (Wildman–Crippen MR) is 69.6 cm³/mol. The highest BCUT2D eigenvalue weighted by Crippen LogP contribution is 2.30. The van der Waals surface area contributed by atoms with Crippen LogP contribution >= 0.6 is 11.8 Å². The molecule has 1 aromatic rings. The molecule has 1 aliphatic rings. The second-order valence-electron chi connectivity index (χ2n) is 4.21. The number of alkyl halides is 3. The second-order valence-corrected chi connectivity index (χ2v) is 5.39. The first-order valence-corrected chi connectivity index (χ1v) is 6.62. The minimum Gasteiger partial charge on any atom is -0.326 e. The number of hydrogen-bond donors (Lipinski definition) is 2. The molecule has 21 heavy (non-hydrogen) atoms. The van der Waals surface area contributed by atoms with Crippen LogP contribution in [0.25, 0.3) is 0 Å². The maximum absolute atomic E-state index is 12.5. The highest BCUT2D eigenvalue weighted by molar-refractivity contribution is 8.15. The van der Waals surface area contributed by atoms with Gasteiger partial charge in [-0.15, -0.1) is 0 Å². The third-order valence-corrected chi connectivity index (χ3v) is 3.59. The first-order chi connectivity index (χ1) is 9.75. The van der Waals surface area contributed by atoms with E-state index in [1.165, 1.54) is 12.1 Å². The van der Waals surface area contributed by atoms with E-state index in [0.717, 1.165) is 12.1 Å². The zero-order chi connectivity index (χ0) is 15.6. The van der Waals surface area contributed by atoms with Crippen LogP contribution in [0.4, 0.5) is 23.7 Å². The fraction of sp³-hybridized carbons (Fsp3) is 0.250. The normalized spacial score (nSPS) is 18.5. The van der Waals surface area contributed by atoms with Crippen LogP contribution in [0, 0.1) is 0 Å². The lowest BCUT2D eigenvalue weighted by Gasteiger charge is -2.10. The molecular formula is C12H9F3N2O3S. The number of hydrogen-bond acceptors (Lipinski definition) is 4. The molecule has 0 spiro atoms. The van der Waals surface area contributed by atoms with Crippen LogP contribution in [0.3, 0.4) is 0 Å². The van der Waals surface area contributed by atoms with Crippen LogP contribution in [0.15, 0.2) is 24.3 Å². The fourth-order valence-corrected chi connectivity index (χ4v) is 2.50. The maximum atomic E-state index is 12.5. The molecular weight excluding hydrogens is 309 g/mol. The van der Waals surface area contributed by atoms with E-state index >= 15 is 0 Å². The Bertz CT molecular complexity index is 604. The predicted octanol–water partition coefficient (Wildman–Crippen LogP) is 2.39. The van der Waals surface area contributed by atoms with Crippen molar-refractivity contribution in [2.24, 2.45) is 0 Å². The molecule has 0 radical (unpaired) electrons. The minimum atomic E-state index is -4.51. The molecule has 112 valence electrons. The molecule has 1 aromatic carbocycles. The number of imide groups is 1. The van der Waals surface area contributed by atoms with Crippen LogP contribution in [-0.4, -0.2) is 22.3 Å². The van der Waals surface area contributed by atoms with Gasteiger partial charge >= 0.3 is 6.18 Å². The van der Waals surface area contributed by atoms with Crippen molar-refractivity contribution in [3.63, 3.8) is 0 Å². The van der Waals surface area contributed by atoms with Gasteiger partial charge in [0.25, 0.3) is 5.24 Å². The zero-order valence-corrected chi connectivity index (χ0v) is 11.2. The molecule has 3 amide bonds. The lowest BCUT2D eigenvalue weighted by molar-refractivity contribution is -0.137. The molecule has 2 rings (SSSR count). The standard InChI is InChI=1S/C12H9F3N2O3S/c13-12(14,15)6-2-1-3-7(4-6)16-9(18)5-8-10(19)17-11(20)21-8/h1-4,8H,5H2,(H,16,18)(H,17,19,20). The molecule has 0 saturated carbocycles. The molecule has 0 bridgehead atoms. The fourth-order valence-electron chi connectivity index (χ4n) is 1.68. The Kier molecular flexibility index (Phi) is 4.21. The number of halogens is 3. The highest BCUT2D eigenvalue weighted by Gasteiger charge is 2.33. The Morgan fingerprint density at radius 3 is 2.62 bits per heavy atom. The van der Waals surface area contributed by atoms with Crippen molar-refractivity contribution >= 4 is 34.5 Å². The van der Waals surface area contributed by atoms with Gasteiger partial charge in [-0.2, -0.15) is 13.2 Å². The van der Waals surface area contributed by atoms with Gasteiger partial charge in [0.1, 0.15) is 5.25 Å². The van der Waals surface area contributed by atoms with E-state index in [9.17, 15) is 27.6 Å². The van der Waals surface area contributed by atoms with Crippen LogP contribution in [-0.2, 0) is 15.8 Å². The summed E-state index contributed by atoms with van der Waals surface area (Å²) >= 11 is 0.680. The van der Waals surface area contributed by atoms with Crippen molar-refractivity contribution in [1.29, 1.82) is 0 Å². The maximum Gasteiger partial charge on any atom is 0.416 e. The summed E-state index contributed by atoms with van der Waals surface area (Å²) in [5, 5.41) is 2.89. The molecule has 1 unspecified atom stereocenters. The Balaban J connectivity index is 2.00. The van der Waals surface area contributed by atoms with Crippen LogP contribution in [0.5, 0.6) is 0 Å². The minimum absolute atomic E-state index is 0.0236. The molecule has 1 atom stereocenters. The summed E-state index contributed by atoms with van der Waals surface area (Å²) in [6.45, 7) is 0. The largest absolute Gasteiger partial charge is 0.416 e. The zero-order valence-electron chi connectivity index (χ0n) is 10.4. The van der Waals surface area contributed by atoms with Gasteiger partial charge in [0.2, 0.25) is 11.8 Å². The summed E-state index contributed by atoms with van der Waals surface area (Å²) in [5.74, 6) is -1.22. The van der Waals surface area contributed by atoms with Crippen LogP contribution in [0.1, 0.15) is 12.0 Å². The Hall–Kier alpha value is -2.03. The molecule has 0 aromatic heterocycles. The van der Waals surface area contributed by atoms with E-state index < -0.39 is 34.0 Å². The van der Waals surface area contributed by atoms with E-state index in [4.69, 9.17) is 0 Å². The van der Waals surface area contributed by atoms with Crippen molar-refractivity contribution < 1.29 is 27.6 Å². The third kappa shape index (κ3) is 3.97. The first-order valence-electron chi connectivity index (χ1n) is 5.74. The van der Waals surface area contributed by atoms with Crippen molar-refractivity contribution in [2.75, 3.05) is 5.32 Å². The summed E-state index contributed by atoms with van der Waals surface area (Å²) in [4.78, 5) is 33.9. The number of anilines is 1. The van der Waals surface area contributed by atoms with E-state index in [1.54, 1.807) is 0 Å². The van der Waals surface area contributed by atoms with Crippen LogP contribution < -0.4 is 10.6 Å². The number of carbonyl (C=O) groups excluding carboxylic acids is 3. The number of amides is 3. The SMILES string of the molecule is O=C(CC1SC(=O)NC1=O)Nc1cccc(C(F)(F)F)c1. The molecule has 0 aliphatic carbocycles. The van der Waals surface area contributed by atoms with Crippen LogP contribution in [0.2, 0.25) is 0 Å². The summed E-state index contributed by atoms with van der Waals surface area (Å²) in [5.41, 5.74) is -0.909. The van der Waals surface area contributed by atoms with Crippen molar-refractivity contribution in [2.45, 2.75) is 17.8 Å².